The van der Waals surface area contributed by atoms with Gasteiger partial charge in [-0.25, -0.2) is 12.8 Å². The lowest BCUT2D eigenvalue weighted by Crippen LogP contribution is -2.32. The highest BCUT2D eigenvalue weighted by Crippen LogP contribution is 2.26. The molecule has 1 N–H and O–H groups in total. The molecule has 3 aromatic rings. The van der Waals surface area contributed by atoms with Crippen molar-refractivity contribution in [3.05, 3.63) is 59.7 Å². The third-order valence-corrected chi connectivity index (χ3v) is 7.45. The zero-order valence-corrected chi connectivity index (χ0v) is 18.0. The molecule has 0 aliphatic carbocycles. The summed E-state index contributed by atoms with van der Waals surface area (Å²) in [5.41, 5.74) is 1.47. The van der Waals surface area contributed by atoms with Crippen LogP contribution in [0.5, 0.6) is 0 Å². The number of hydrogen-bond acceptors (Lipinski definition) is 5. The number of aromatic nitrogens is 2. The molecule has 0 atom stereocenters. The maximum Gasteiger partial charge on any atom is 0.258 e. The topological polar surface area (TPSA) is 92.3 Å². The summed E-state index contributed by atoms with van der Waals surface area (Å²) in [7, 11) is -3.68. The molecule has 2 aromatic carbocycles. The lowest BCUT2D eigenvalue weighted by atomic mass is 10.1. The Kier molecular flexibility index (Phi) is 5.97. The molecule has 31 heavy (non-hydrogen) atoms. The predicted molar refractivity (Wildman–Crippen MR) is 116 cm³/mol. The second-order valence-electron chi connectivity index (χ2n) is 7.63. The zero-order chi connectivity index (χ0) is 22.0. The average Bonchev–Trinajstić information content (AvgIpc) is 3.04. The van der Waals surface area contributed by atoms with Crippen LogP contribution in [0.2, 0.25) is 0 Å². The Hall–Kier alpha value is -2.91. The van der Waals surface area contributed by atoms with E-state index in [1.54, 1.807) is 19.1 Å². The van der Waals surface area contributed by atoms with Gasteiger partial charge in [-0.2, -0.15) is 4.31 Å². The van der Waals surface area contributed by atoms with Crippen LogP contribution in [-0.2, 0) is 10.0 Å². The number of benzene rings is 2. The highest BCUT2D eigenvalue weighted by atomic mass is 32.2. The third-order valence-electron chi connectivity index (χ3n) is 5.41. The Morgan fingerprint density at radius 1 is 1.03 bits per heavy atom. The van der Waals surface area contributed by atoms with E-state index in [2.05, 4.69) is 15.3 Å². The molecule has 4 rings (SSSR count). The van der Waals surface area contributed by atoms with Gasteiger partial charge in [-0.3, -0.25) is 14.8 Å². The van der Waals surface area contributed by atoms with Crippen molar-refractivity contribution in [2.45, 2.75) is 37.5 Å². The quantitative estimate of drug-likeness (QED) is 0.662. The number of aryl methyl sites for hydroxylation is 1. The minimum atomic E-state index is -3.68. The standard InChI is InChI=1S/C22H23FN4O3S/c1-15-6-7-17(14-20(15)31(29,30)27-10-4-2-3-5-11-27)26-22(28)18-12-16(23)13-19-21(18)25-9-8-24-19/h6-9,12-14H,2-5,10-11H2,1H3,(H,26,28). The third kappa shape index (κ3) is 4.42. The number of carbonyl (C=O) groups excluding carboxylic acids is 1. The van der Waals surface area contributed by atoms with E-state index in [0.717, 1.165) is 31.7 Å². The number of amides is 1. The van der Waals surface area contributed by atoms with E-state index < -0.39 is 21.7 Å². The molecule has 0 bridgehead atoms. The van der Waals surface area contributed by atoms with Crippen LogP contribution in [0.3, 0.4) is 0 Å². The lowest BCUT2D eigenvalue weighted by molar-refractivity contribution is 0.102. The van der Waals surface area contributed by atoms with Crippen molar-refractivity contribution in [3.8, 4) is 0 Å². The van der Waals surface area contributed by atoms with Gasteiger partial charge < -0.3 is 5.32 Å². The van der Waals surface area contributed by atoms with Gasteiger partial charge in [0.15, 0.2) is 0 Å². The second kappa shape index (κ2) is 8.68. The highest BCUT2D eigenvalue weighted by molar-refractivity contribution is 7.89. The van der Waals surface area contributed by atoms with Crippen LogP contribution in [0, 0.1) is 12.7 Å². The predicted octanol–water partition coefficient (Wildman–Crippen LogP) is 3.89. The molecular weight excluding hydrogens is 419 g/mol. The summed E-state index contributed by atoms with van der Waals surface area (Å²) in [6.07, 6.45) is 6.56. The minimum absolute atomic E-state index is 0.0283. The molecule has 0 saturated carbocycles. The van der Waals surface area contributed by atoms with Gasteiger partial charge in [-0.15, -0.1) is 0 Å². The fourth-order valence-electron chi connectivity index (χ4n) is 3.79. The monoisotopic (exact) mass is 442 g/mol. The van der Waals surface area contributed by atoms with Gasteiger partial charge in [0.2, 0.25) is 10.0 Å². The van der Waals surface area contributed by atoms with Gasteiger partial charge in [-0.05, 0) is 43.5 Å². The molecule has 9 heteroatoms. The number of nitrogens with one attached hydrogen (secondary N) is 1. The first-order chi connectivity index (χ1) is 14.9. The van der Waals surface area contributed by atoms with Gasteiger partial charge in [0.1, 0.15) is 11.3 Å². The van der Waals surface area contributed by atoms with E-state index in [-0.39, 0.29) is 21.5 Å². The average molecular weight is 443 g/mol. The molecule has 1 aromatic heterocycles. The van der Waals surface area contributed by atoms with Crippen LogP contribution >= 0.6 is 0 Å². The normalized spacial score (nSPS) is 15.5. The zero-order valence-electron chi connectivity index (χ0n) is 17.1. The summed E-state index contributed by atoms with van der Waals surface area (Å²) in [5.74, 6) is -1.20. The van der Waals surface area contributed by atoms with Crippen LogP contribution in [0.15, 0.2) is 47.6 Å². The molecule has 162 valence electrons. The first-order valence-electron chi connectivity index (χ1n) is 10.2. The summed E-state index contributed by atoms with van der Waals surface area (Å²) in [5, 5.41) is 2.68. The Morgan fingerprint density at radius 3 is 2.48 bits per heavy atom. The van der Waals surface area contributed by atoms with Crippen molar-refractivity contribution in [1.82, 2.24) is 14.3 Å². The highest BCUT2D eigenvalue weighted by Gasteiger charge is 2.27. The Bertz CT molecular complexity index is 1240. The van der Waals surface area contributed by atoms with E-state index in [1.807, 2.05) is 0 Å². The van der Waals surface area contributed by atoms with Crippen molar-refractivity contribution in [1.29, 1.82) is 0 Å². The number of carbonyl (C=O) groups is 1. The van der Waals surface area contributed by atoms with Crippen molar-refractivity contribution >= 4 is 32.7 Å². The molecular formula is C22H23FN4O3S. The Labute approximate surface area is 180 Å². The smallest absolute Gasteiger partial charge is 0.258 e. The van der Waals surface area contributed by atoms with Crippen LogP contribution in [-0.4, -0.2) is 41.7 Å². The number of rotatable bonds is 4. The summed E-state index contributed by atoms with van der Waals surface area (Å²) < 4.78 is 42.0. The number of sulfonamides is 1. The summed E-state index contributed by atoms with van der Waals surface area (Å²) in [6.45, 7) is 2.71. The summed E-state index contributed by atoms with van der Waals surface area (Å²) >= 11 is 0. The van der Waals surface area contributed by atoms with Crippen LogP contribution < -0.4 is 5.32 Å². The van der Waals surface area contributed by atoms with Crippen molar-refractivity contribution in [3.63, 3.8) is 0 Å². The number of fused-ring (bicyclic) bond motifs is 1. The van der Waals surface area contributed by atoms with Crippen LogP contribution in [0.25, 0.3) is 11.0 Å². The molecule has 1 aliphatic heterocycles. The van der Waals surface area contributed by atoms with Gasteiger partial charge in [0, 0.05) is 37.2 Å². The van der Waals surface area contributed by atoms with E-state index in [9.17, 15) is 17.6 Å². The van der Waals surface area contributed by atoms with Crippen molar-refractivity contribution < 1.29 is 17.6 Å². The Balaban J connectivity index is 1.66. The second-order valence-corrected chi connectivity index (χ2v) is 9.54. The minimum Gasteiger partial charge on any atom is -0.322 e. The fourth-order valence-corrected chi connectivity index (χ4v) is 5.56. The largest absolute Gasteiger partial charge is 0.322 e. The molecule has 1 saturated heterocycles. The molecule has 1 amide bonds. The van der Waals surface area contributed by atoms with Crippen LogP contribution in [0.1, 0.15) is 41.6 Å². The molecule has 2 heterocycles. The SMILES string of the molecule is Cc1ccc(NC(=O)c2cc(F)cc3nccnc23)cc1S(=O)(=O)N1CCCCCC1. The Morgan fingerprint density at radius 2 is 1.74 bits per heavy atom. The maximum absolute atomic E-state index is 14.0. The van der Waals surface area contributed by atoms with E-state index in [0.29, 0.717) is 24.3 Å². The molecule has 0 unspecified atom stereocenters. The van der Waals surface area contributed by atoms with Gasteiger partial charge in [0.25, 0.3) is 5.91 Å². The molecule has 0 spiro atoms. The summed E-state index contributed by atoms with van der Waals surface area (Å²) in [4.78, 5) is 21.2. The van der Waals surface area contributed by atoms with Gasteiger partial charge in [0.05, 0.1) is 16.0 Å². The van der Waals surface area contributed by atoms with E-state index in [4.69, 9.17) is 0 Å². The molecule has 1 fully saturated rings. The molecule has 1 aliphatic rings. The number of nitrogens with zero attached hydrogens (tertiary/aromatic N) is 3. The maximum atomic E-state index is 14.0. The fraction of sp³-hybridized carbons (Fsp3) is 0.318. The van der Waals surface area contributed by atoms with Crippen molar-refractivity contribution in [2.24, 2.45) is 0 Å². The van der Waals surface area contributed by atoms with E-state index in [1.165, 1.54) is 28.8 Å². The molecule has 7 nitrogen and oxygen atoms in total. The number of anilines is 1. The molecule has 0 radical (unpaired) electrons. The van der Waals surface area contributed by atoms with Gasteiger partial charge in [-0.1, -0.05) is 18.9 Å². The van der Waals surface area contributed by atoms with Crippen LogP contribution in [0.4, 0.5) is 10.1 Å². The first-order valence-corrected chi connectivity index (χ1v) is 11.6. The summed E-state index contributed by atoms with van der Waals surface area (Å²) in [6, 6.07) is 7.04. The number of hydrogen-bond donors (Lipinski definition) is 1. The lowest BCUT2D eigenvalue weighted by Gasteiger charge is -2.21. The number of halogens is 1. The first kappa shape index (κ1) is 21.3. The van der Waals surface area contributed by atoms with E-state index >= 15 is 0 Å². The van der Waals surface area contributed by atoms with Crippen molar-refractivity contribution in [2.75, 3.05) is 18.4 Å². The van der Waals surface area contributed by atoms with Gasteiger partial charge >= 0.3 is 0 Å².